The molecule has 0 N–H and O–H groups in total. The van der Waals surface area contributed by atoms with Gasteiger partial charge in [0.25, 0.3) is 8.53 Å². The molecule has 15 heavy (non-hydrogen) atoms. The van der Waals surface area contributed by atoms with Crippen molar-refractivity contribution in [1.29, 1.82) is 0 Å². The van der Waals surface area contributed by atoms with Gasteiger partial charge in [0.15, 0.2) is 0 Å². The zero-order valence-corrected chi connectivity index (χ0v) is 11.7. The molecule has 1 rings (SSSR count). The van der Waals surface area contributed by atoms with Crippen LogP contribution < -0.4 is 0 Å². The van der Waals surface area contributed by atoms with Crippen molar-refractivity contribution in [3.05, 3.63) is 0 Å². The standard InChI is InChI=1S/C11H24NO2P/c1-7-12(8-2)15-13-10(3,4)9-11(5,6)14-15/h7-9H2,1-6H3. The molecular formula is C11H24NO2P. The molecule has 4 heteroatoms. The normalized spacial score (nSPS) is 25.8. The van der Waals surface area contributed by atoms with Crippen LogP contribution in [0.1, 0.15) is 48.0 Å². The molecule has 1 heterocycles. The van der Waals surface area contributed by atoms with Gasteiger partial charge in [-0.1, -0.05) is 13.8 Å². The first-order valence-electron chi connectivity index (χ1n) is 5.73. The van der Waals surface area contributed by atoms with E-state index < -0.39 is 8.53 Å². The van der Waals surface area contributed by atoms with Crippen LogP contribution in [0.5, 0.6) is 0 Å². The van der Waals surface area contributed by atoms with Gasteiger partial charge in [-0.2, -0.15) is 0 Å². The second kappa shape index (κ2) is 4.67. The molecule has 0 aromatic heterocycles. The average molecular weight is 233 g/mol. The number of rotatable bonds is 3. The fraction of sp³-hybridized carbons (Fsp3) is 1.00. The highest BCUT2D eigenvalue weighted by molar-refractivity contribution is 7.44. The van der Waals surface area contributed by atoms with Gasteiger partial charge in [-0.3, -0.25) is 0 Å². The van der Waals surface area contributed by atoms with Gasteiger partial charge >= 0.3 is 0 Å². The van der Waals surface area contributed by atoms with Crippen LogP contribution in [0.3, 0.4) is 0 Å². The molecule has 1 saturated heterocycles. The molecule has 0 atom stereocenters. The third-order valence-corrected chi connectivity index (χ3v) is 4.79. The molecule has 0 amide bonds. The summed E-state index contributed by atoms with van der Waals surface area (Å²) in [5, 5.41) is 0. The van der Waals surface area contributed by atoms with E-state index in [2.05, 4.69) is 46.2 Å². The lowest BCUT2D eigenvalue weighted by Gasteiger charge is -2.46. The molecule has 1 aliphatic rings. The zero-order valence-electron chi connectivity index (χ0n) is 10.8. The summed E-state index contributed by atoms with van der Waals surface area (Å²) >= 11 is 0. The third-order valence-electron chi connectivity index (χ3n) is 2.46. The lowest BCUT2D eigenvalue weighted by molar-refractivity contribution is -0.0572. The number of hydrogen-bond donors (Lipinski definition) is 0. The average Bonchev–Trinajstić information content (AvgIpc) is 2.00. The first kappa shape index (κ1) is 13.4. The second-order valence-electron chi connectivity index (χ2n) is 5.26. The summed E-state index contributed by atoms with van der Waals surface area (Å²) in [7, 11) is -0.878. The summed E-state index contributed by atoms with van der Waals surface area (Å²) in [6.45, 7) is 14.8. The van der Waals surface area contributed by atoms with Gasteiger partial charge in [-0.05, 0) is 27.7 Å². The molecular weight excluding hydrogens is 209 g/mol. The van der Waals surface area contributed by atoms with E-state index in [9.17, 15) is 0 Å². The van der Waals surface area contributed by atoms with Crippen molar-refractivity contribution in [1.82, 2.24) is 4.67 Å². The fourth-order valence-electron chi connectivity index (χ4n) is 2.10. The Labute approximate surface area is 95.1 Å². The maximum absolute atomic E-state index is 6.02. The third kappa shape index (κ3) is 3.67. The van der Waals surface area contributed by atoms with E-state index in [1.807, 2.05) is 0 Å². The highest BCUT2D eigenvalue weighted by atomic mass is 31.2. The van der Waals surface area contributed by atoms with E-state index >= 15 is 0 Å². The van der Waals surface area contributed by atoms with Gasteiger partial charge in [0.05, 0.1) is 11.2 Å². The quantitative estimate of drug-likeness (QED) is 0.696. The minimum atomic E-state index is -0.878. The Balaban J connectivity index is 2.74. The van der Waals surface area contributed by atoms with Crippen molar-refractivity contribution in [2.45, 2.75) is 59.2 Å². The van der Waals surface area contributed by atoms with Crippen LogP contribution in [0.2, 0.25) is 0 Å². The molecule has 1 fully saturated rings. The Morgan fingerprint density at radius 2 is 1.40 bits per heavy atom. The number of hydrogen-bond acceptors (Lipinski definition) is 3. The molecule has 0 aromatic carbocycles. The second-order valence-corrected chi connectivity index (χ2v) is 6.66. The van der Waals surface area contributed by atoms with Gasteiger partial charge in [-0.15, -0.1) is 0 Å². The first-order valence-corrected chi connectivity index (χ1v) is 6.86. The van der Waals surface area contributed by atoms with Crippen molar-refractivity contribution in [2.75, 3.05) is 13.1 Å². The van der Waals surface area contributed by atoms with Gasteiger partial charge in [0.1, 0.15) is 0 Å². The SMILES string of the molecule is CCN(CC)P1OC(C)(C)CC(C)(C)O1. The van der Waals surface area contributed by atoms with Crippen molar-refractivity contribution in [3.8, 4) is 0 Å². The van der Waals surface area contributed by atoms with Crippen LogP contribution in [-0.4, -0.2) is 29.0 Å². The molecule has 0 spiro atoms. The summed E-state index contributed by atoms with van der Waals surface area (Å²) < 4.78 is 14.3. The molecule has 90 valence electrons. The van der Waals surface area contributed by atoms with Crippen LogP contribution in [0.15, 0.2) is 0 Å². The lowest BCUT2D eigenvalue weighted by Crippen LogP contribution is -2.43. The van der Waals surface area contributed by atoms with Crippen molar-refractivity contribution in [2.24, 2.45) is 0 Å². The van der Waals surface area contributed by atoms with Crippen LogP contribution >= 0.6 is 8.53 Å². The predicted molar refractivity (Wildman–Crippen MR) is 64.8 cm³/mol. The van der Waals surface area contributed by atoms with Crippen molar-refractivity contribution in [3.63, 3.8) is 0 Å². The highest BCUT2D eigenvalue weighted by Gasteiger charge is 2.42. The van der Waals surface area contributed by atoms with Crippen LogP contribution in [0, 0.1) is 0 Å². The minimum Gasteiger partial charge on any atom is -0.316 e. The van der Waals surface area contributed by atoms with E-state index in [0.29, 0.717) is 0 Å². The molecule has 1 aliphatic heterocycles. The molecule has 0 unspecified atom stereocenters. The lowest BCUT2D eigenvalue weighted by atomic mass is 9.93. The smallest absolute Gasteiger partial charge is 0.259 e. The number of nitrogens with zero attached hydrogens (tertiary/aromatic N) is 1. The largest absolute Gasteiger partial charge is 0.316 e. The molecule has 0 aromatic rings. The van der Waals surface area contributed by atoms with E-state index in [0.717, 1.165) is 19.5 Å². The van der Waals surface area contributed by atoms with Crippen LogP contribution in [0.4, 0.5) is 0 Å². The van der Waals surface area contributed by atoms with Gasteiger partial charge in [0.2, 0.25) is 0 Å². The summed E-state index contributed by atoms with van der Waals surface area (Å²) in [5.41, 5.74) is -0.147. The monoisotopic (exact) mass is 233 g/mol. The van der Waals surface area contributed by atoms with E-state index in [1.54, 1.807) is 0 Å². The molecule has 0 bridgehead atoms. The molecule has 3 nitrogen and oxygen atoms in total. The highest BCUT2D eigenvalue weighted by Crippen LogP contribution is 2.55. The topological polar surface area (TPSA) is 21.7 Å². The predicted octanol–water partition coefficient (Wildman–Crippen LogP) is 3.55. The van der Waals surface area contributed by atoms with E-state index in [4.69, 9.17) is 9.05 Å². The van der Waals surface area contributed by atoms with Gasteiger partial charge < -0.3 is 9.05 Å². The summed E-state index contributed by atoms with van der Waals surface area (Å²) in [6.07, 6.45) is 0.945. The van der Waals surface area contributed by atoms with E-state index in [1.165, 1.54) is 0 Å². The Hall–Kier alpha value is 0.310. The zero-order chi connectivity index (χ0) is 11.7. The Kier molecular flexibility index (Phi) is 4.16. The van der Waals surface area contributed by atoms with Crippen molar-refractivity contribution < 1.29 is 9.05 Å². The fourth-order valence-corrected chi connectivity index (χ4v) is 3.81. The van der Waals surface area contributed by atoms with E-state index in [-0.39, 0.29) is 11.2 Å². The Bertz CT molecular complexity index is 199. The Morgan fingerprint density at radius 3 is 1.73 bits per heavy atom. The molecule has 0 radical (unpaired) electrons. The first-order chi connectivity index (χ1) is 6.79. The Morgan fingerprint density at radius 1 is 1.00 bits per heavy atom. The summed E-state index contributed by atoms with van der Waals surface area (Å²) in [5.74, 6) is 0. The summed E-state index contributed by atoms with van der Waals surface area (Å²) in [4.78, 5) is 0. The minimum absolute atomic E-state index is 0.0734. The summed E-state index contributed by atoms with van der Waals surface area (Å²) in [6, 6.07) is 0. The van der Waals surface area contributed by atoms with Crippen LogP contribution in [0.25, 0.3) is 0 Å². The van der Waals surface area contributed by atoms with Gasteiger partial charge in [-0.25, -0.2) is 4.67 Å². The maximum Gasteiger partial charge on any atom is 0.259 e. The van der Waals surface area contributed by atoms with Crippen molar-refractivity contribution >= 4 is 8.53 Å². The molecule has 0 saturated carbocycles. The maximum atomic E-state index is 6.02. The van der Waals surface area contributed by atoms with Crippen LogP contribution in [-0.2, 0) is 9.05 Å². The van der Waals surface area contributed by atoms with Gasteiger partial charge in [0, 0.05) is 19.5 Å². The molecule has 0 aliphatic carbocycles.